The van der Waals surface area contributed by atoms with Gasteiger partial charge < -0.3 is 15.5 Å². The fourth-order valence-corrected chi connectivity index (χ4v) is 1.23. The normalized spacial score (nSPS) is 11.1. The van der Waals surface area contributed by atoms with Gasteiger partial charge in [-0.15, -0.1) is 0 Å². The molecule has 0 fully saturated rings. The zero-order chi connectivity index (χ0) is 13.5. The van der Waals surface area contributed by atoms with Gasteiger partial charge in [0.2, 0.25) is 11.8 Å². The summed E-state index contributed by atoms with van der Waals surface area (Å²) in [6.45, 7) is 7.07. The number of hydrogen-bond acceptors (Lipinski definition) is 3. The first kappa shape index (κ1) is 15.9. The van der Waals surface area contributed by atoms with Crippen LogP contribution in [0, 0.1) is 0 Å². The molecule has 0 spiro atoms. The van der Waals surface area contributed by atoms with Gasteiger partial charge in [0, 0.05) is 45.6 Å². The summed E-state index contributed by atoms with van der Waals surface area (Å²) in [5, 5.41) is 5.96. The van der Waals surface area contributed by atoms with Crippen molar-refractivity contribution >= 4 is 11.8 Å². The molecule has 0 radical (unpaired) electrons. The molecule has 0 aromatic carbocycles. The van der Waals surface area contributed by atoms with E-state index in [0.717, 1.165) is 0 Å². The van der Waals surface area contributed by atoms with Crippen LogP contribution in [-0.4, -0.2) is 49.4 Å². The van der Waals surface area contributed by atoms with Crippen molar-refractivity contribution in [1.82, 2.24) is 15.5 Å². The van der Waals surface area contributed by atoms with Crippen molar-refractivity contribution in [3.63, 3.8) is 0 Å². The zero-order valence-corrected chi connectivity index (χ0v) is 11.6. The molecular weight excluding hydrogens is 218 g/mol. The number of nitrogens with one attached hydrogen (secondary N) is 2. The third-order valence-corrected chi connectivity index (χ3v) is 2.06. The highest BCUT2D eigenvalue weighted by molar-refractivity contribution is 5.77. The lowest BCUT2D eigenvalue weighted by Crippen LogP contribution is -2.41. The molecule has 0 atom stereocenters. The van der Waals surface area contributed by atoms with E-state index in [1.165, 1.54) is 0 Å². The van der Waals surface area contributed by atoms with Gasteiger partial charge in [-0.25, -0.2) is 0 Å². The maximum atomic E-state index is 11.4. The van der Waals surface area contributed by atoms with Crippen molar-refractivity contribution < 1.29 is 9.59 Å². The second-order valence-electron chi connectivity index (χ2n) is 5.34. The minimum Gasteiger partial charge on any atom is -0.351 e. The molecular formula is C12H25N3O2. The summed E-state index contributed by atoms with van der Waals surface area (Å²) in [6, 6.07) is 0. The Bertz CT molecular complexity index is 257. The average Bonchev–Trinajstić information content (AvgIpc) is 2.13. The van der Waals surface area contributed by atoms with E-state index in [2.05, 4.69) is 10.6 Å². The highest BCUT2D eigenvalue weighted by Gasteiger charge is 2.12. The van der Waals surface area contributed by atoms with Gasteiger partial charge in [0.1, 0.15) is 0 Å². The quantitative estimate of drug-likeness (QED) is 0.662. The van der Waals surface area contributed by atoms with Crippen molar-refractivity contribution in [3.05, 3.63) is 0 Å². The van der Waals surface area contributed by atoms with Gasteiger partial charge in [0.15, 0.2) is 0 Å². The van der Waals surface area contributed by atoms with Gasteiger partial charge in [0.05, 0.1) is 0 Å². The number of carbonyl (C=O) groups is 2. The summed E-state index contributed by atoms with van der Waals surface area (Å²) in [7, 11) is 3.47. The van der Waals surface area contributed by atoms with E-state index in [-0.39, 0.29) is 17.4 Å². The van der Waals surface area contributed by atoms with Gasteiger partial charge in [-0.2, -0.15) is 0 Å². The van der Waals surface area contributed by atoms with Crippen LogP contribution >= 0.6 is 0 Å². The molecule has 0 aliphatic heterocycles. The lowest BCUT2D eigenvalue weighted by atomic mass is 10.1. The molecule has 0 aromatic rings. The Morgan fingerprint density at radius 2 is 1.59 bits per heavy atom. The number of rotatable bonds is 6. The van der Waals surface area contributed by atoms with Crippen LogP contribution in [0.5, 0.6) is 0 Å². The minimum atomic E-state index is -0.183. The standard InChI is InChI=1S/C12H25N3O2/c1-12(2,3)14-10(16)6-8-13-9-7-11(17)15(4)5/h13H,6-9H2,1-5H3,(H,14,16). The Morgan fingerprint density at radius 1 is 1.06 bits per heavy atom. The van der Waals surface area contributed by atoms with Crippen LogP contribution in [0.1, 0.15) is 33.6 Å². The first-order valence-electron chi connectivity index (χ1n) is 5.94. The molecule has 0 aromatic heterocycles. The van der Waals surface area contributed by atoms with E-state index < -0.39 is 0 Å². The Morgan fingerprint density at radius 3 is 2.06 bits per heavy atom. The van der Waals surface area contributed by atoms with Crippen molar-refractivity contribution in [2.45, 2.75) is 39.2 Å². The summed E-state index contributed by atoms with van der Waals surface area (Å²) in [4.78, 5) is 24.2. The van der Waals surface area contributed by atoms with Gasteiger partial charge in [-0.05, 0) is 20.8 Å². The van der Waals surface area contributed by atoms with E-state index in [4.69, 9.17) is 0 Å². The van der Waals surface area contributed by atoms with Crippen molar-refractivity contribution in [2.75, 3.05) is 27.2 Å². The smallest absolute Gasteiger partial charge is 0.223 e. The summed E-state index contributed by atoms with van der Waals surface area (Å²) in [5.74, 6) is 0.126. The molecule has 0 bridgehead atoms. The van der Waals surface area contributed by atoms with Crippen LogP contribution in [0.15, 0.2) is 0 Å². The lowest BCUT2D eigenvalue weighted by Gasteiger charge is -2.20. The van der Waals surface area contributed by atoms with Crippen LogP contribution in [0.3, 0.4) is 0 Å². The molecule has 0 aliphatic rings. The van der Waals surface area contributed by atoms with Gasteiger partial charge in [0.25, 0.3) is 0 Å². The van der Waals surface area contributed by atoms with Crippen molar-refractivity contribution in [1.29, 1.82) is 0 Å². The molecule has 17 heavy (non-hydrogen) atoms. The molecule has 5 heteroatoms. The van der Waals surface area contributed by atoms with Gasteiger partial charge in [-0.3, -0.25) is 9.59 Å². The molecule has 0 saturated heterocycles. The fourth-order valence-electron chi connectivity index (χ4n) is 1.23. The molecule has 0 rings (SSSR count). The molecule has 5 nitrogen and oxygen atoms in total. The van der Waals surface area contributed by atoms with Gasteiger partial charge >= 0.3 is 0 Å². The maximum Gasteiger partial charge on any atom is 0.223 e. The SMILES string of the molecule is CN(C)C(=O)CCNCCC(=O)NC(C)(C)C. The molecule has 0 heterocycles. The first-order valence-corrected chi connectivity index (χ1v) is 5.94. The first-order chi connectivity index (χ1) is 7.72. The predicted molar refractivity (Wildman–Crippen MR) is 68.7 cm³/mol. The van der Waals surface area contributed by atoms with Gasteiger partial charge in [-0.1, -0.05) is 0 Å². The van der Waals surface area contributed by atoms with Crippen molar-refractivity contribution in [2.24, 2.45) is 0 Å². The van der Waals surface area contributed by atoms with E-state index in [1.54, 1.807) is 19.0 Å². The second-order valence-corrected chi connectivity index (χ2v) is 5.34. The van der Waals surface area contributed by atoms with Crippen LogP contribution in [0.4, 0.5) is 0 Å². The fraction of sp³-hybridized carbons (Fsp3) is 0.833. The van der Waals surface area contributed by atoms with Crippen LogP contribution in [0.25, 0.3) is 0 Å². The summed E-state index contributed by atoms with van der Waals surface area (Å²) in [5.41, 5.74) is -0.183. The number of hydrogen-bond donors (Lipinski definition) is 2. The molecule has 100 valence electrons. The predicted octanol–water partition coefficient (Wildman–Crippen LogP) is 0.359. The third kappa shape index (κ3) is 9.81. The largest absolute Gasteiger partial charge is 0.351 e. The van der Waals surface area contributed by atoms with Crippen LogP contribution in [0.2, 0.25) is 0 Å². The topological polar surface area (TPSA) is 61.4 Å². The minimum absolute atomic E-state index is 0.0314. The molecule has 0 unspecified atom stereocenters. The highest BCUT2D eigenvalue weighted by Crippen LogP contribution is 1.98. The van der Waals surface area contributed by atoms with E-state index in [9.17, 15) is 9.59 Å². The Labute approximate surface area is 104 Å². The monoisotopic (exact) mass is 243 g/mol. The van der Waals surface area contributed by atoms with Crippen LogP contribution < -0.4 is 10.6 Å². The highest BCUT2D eigenvalue weighted by atomic mass is 16.2. The van der Waals surface area contributed by atoms with E-state index >= 15 is 0 Å². The number of nitrogens with zero attached hydrogens (tertiary/aromatic N) is 1. The lowest BCUT2D eigenvalue weighted by molar-refractivity contribution is -0.128. The Hall–Kier alpha value is -1.10. The summed E-state index contributed by atoms with van der Waals surface area (Å²) >= 11 is 0. The maximum absolute atomic E-state index is 11.4. The zero-order valence-electron chi connectivity index (χ0n) is 11.6. The third-order valence-electron chi connectivity index (χ3n) is 2.06. The molecule has 0 saturated carbocycles. The van der Waals surface area contributed by atoms with E-state index in [1.807, 2.05) is 20.8 Å². The second kappa shape index (κ2) is 7.27. The molecule has 0 aliphatic carbocycles. The number of carbonyl (C=O) groups excluding carboxylic acids is 2. The van der Waals surface area contributed by atoms with Crippen LogP contribution in [-0.2, 0) is 9.59 Å². The Balaban J connectivity index is 3.53. The van der Waals surface area contributed by atoms with Crippen molar-refractivity contribution in [3.8, 4) is 0 Å². The summed E-state index contributed by atoms with van der Waals surface area (Å²) in [6.07, 6.45) is 0.904. The number of amides is 2. The molecule has 2 N–H and O–H groups in total. The summed E-state index contributed by atoms with van der Waals surface area (Å²) < 4.78 is 0. The average molecular weight is 243 g/mol. The van der Waals surface area contributed by atoms with E-state index in [0.29, 0.717) is 25.9 Å². The Kier molecular flexibility index (Phi) is 6.80. The molecule has 2 amide bonds.